The Balaban J connectivity index is 1.48. The van der Waals surface area contributed by atoms with E-state index in [4.69, 9.17) is 0 Å². The highest BCUT2D eigenvalue weighted by molar-refractivity contribution is 7.72. The van der Waals surface area contributed by atoms with Gasteiger partial charge in [-0.25, -0.2) is 0 Å². The fourth-order valence-electron chi connectivity index (χ4n) is 8.86. The number of halogens is 21. The van der Waals surface area contributed by atoms with Crippen LogP contribution in [0.4, 0.5) is 92.2 Å². The number of benzene rings is 8. The van der Waals surface area contributed by atoms with Crippen molar-refractivity contribution in [1.82, 2.24) is 0 Å². The number of alkyl halides is 21. The molecule has 0 saturated heterocycles. The first-order valence-corrected chi connectivity index (χ1v) is 25.2. The molecule has 0 aliphatic rings. The summed E-state index contributed by atoms with van der Waals surface area (Å²) >= 11 is 0. The van der Waals surface area contributed by atoms with Gasteiger partial charge in [0.25, 0.3) is 0 Å². The summed E-state index contributed by atoms with van der Waals surface area (Å²) in [5.41, 5.74) is -13.1. The quantitative estimate of drug-likeness (QED) is 0.0998. The zero-order valence-electron chi connectivity index (χ0n) is 38.6. The monoisotopic (exact) mass is 1140 g/mol. The summed E-state index contributed by atoms with van der Waals surface area (Å²) in [6, 6.07) is 20.4. The van der Waals surface area contributed by atoms with Crippen LogP contribution in [0.1, 0.15) is 55.6 Å². The maximum absolute atomic E-state index is 14.5. The van der Waals surface area contributed by atoms with E-state index in [1.807, 2.05) is 0 Å². The Morgan fingerprint density at radius 2 is 0.532 bits per heavy atom. The van der Waals surface area contributed by atoms with Crippen molar-refractivity contribution in [3.63, 3.8) is 0 Å². The molecule has 0 aromatic heterocycles. The number of aryl methyl sites for hydroxylation is 1. The molecular weight excluding hydrogens is 1110 g/mol. The molecule has 0 heterocycles. The Morgan fingerprint density at radius 3 is 0.805 bits per heavy atom. The lowest BCUT2D eigenvalue weighted by molar-refractivity contribution is -0.144. The molecule has 0 nitrogen and oxygen atoms in total. The smallest absolute Gasteiger partial charge is 0.166 e. The summed E-state index contributed by atoms with van der Waals surface area (Å²) in [4.78, 5) is 0. The van der Waals surface area contributed by atoms with Crippen LogP contribution in [0.3, 0.4) is 0 Å². The van der Waals surface area contributed by atoms with Gasteiger partial charge < -0.3 is 0 Å². The molecule has 0 saturated carbocycles. The normalized spacial score (nSPS) is 13.8. The van der Waals surface area contributed by atoms with Gasteiger partial charge in [0.1, 0.15) is 0 Å². The van der Waals surface area contributed by atoms with E-state index >= 15 is 0 Å². The van der Waals surface area contributed by atoms with Gasteiger partial charge in [-0.05, 0) is 160 Å². The first-order chi connectivity index (χ1) is 35.5. The molecule has 1 unspecified atom stereocenters. The summed E-state index contributed by atoms with van der Waals surface area (Å²) in [7, 11) is -6.07. The molecule has 8 aromatic carbocycles. The van der Waals surface area contributed by atoms with E-state index in [9.17, 15) is 92.2 Å². The summed E-state index contributed by atoms with van der Waals surface area (Å²) < 4.78 is 305. The van der Waals surface area contributed by atoms with E-state index in [1.165, 1.54) is 79.7 Å². The number of hydrogen-bond donors (Lipinski definition) is 0. The Morgan fingerprint density at radius 1 is 0.286 bits per heavy atom. The van der Waals surface area contributed by atoms with Crippen LogP contribution >= 0.6 is 15.8 Å². The Hall–Kier alpha value is -6.33. The third-order valence-corrected chi connectivity index (χ3v) is 17.1. The van der Waals surface area contributed by atoms with Crippen molar-refractivity contribution in [2.75, 3.05) is 0 Å². The van der Waals surface area contributed by atoms with Crippen LogP contribution in [0.5, 0.6) is 0 Å². The predicted octanol–water partition coefficient (Wildman–Crippen LogP) is 18.4. The summed E-state index contributed by atoms with van der Waals surface area (Å²) in [5.74, 6) is 0. The summed E-state index contributed by atoms with van der Waals surface area (Å²) in [6.07, 6.45) is -39.8. The Kier molecular flexibility index (Phi) is 14.9. The molecule has 404 valence electrons. The van der Waals surface area contributed by atoms with Gasteiger partial charge in [-0.3, -0.25) is 0 Å². The summed E-state index contributed by atoms with van der Waals surface area (Å²) in [5, 5.41) is -2.04. The van der Waals surface area contributed by atoms with Crippen molar-refractivity contribution in [3.8, 4) is 11.1 Å². The largest absolute Gasteiger partial charge is 0.416 e. The van der Waals surface area contributed by atoms with E-state index in [0.717, 1.165) is 6.07 Å². The molecule has 0 spiro atoms. The van der Waals surface area contributed by atoms with Crippen molar-refractivity contribution in [2.24, 2.45) is 0 Å². The lowest BCUT2D eigenvalue weighted by Gasteiger charge is -2.27. The predicted molar refractivity (Wildman–Crippen MR) is 252 cm³/mol. The first kappa shape index (κ1) is 56.9. The molecule has 77 heavy (non-hydrogen) atoms. The molecule has 1 atom stereocenters. The molecule has 0 amide bonds. The standard InChI is InChI=1S/C54H31F21P2/c1-28-14-33(48(55,56)57)19-40(15-28)76(41-20-34(49(58,59)60)16-35(21-41)50(61,62)63)26-31-12-10-29-6-2-4-8-44(29)46(31)47-32(13-11-30-7-3-5-9-45(30)47)27-77(42-22-36(51(64,65)66)17-37(23-42)52(67,68)69)43-24-38(53(70,71)72)18-39(25-43)54(73,74)75/h2-25H,26-27H2,1H3. The van der Waals surface area contributed by atoms with E-state index < -0.39 is 126 Å². The molecule has 0 fully saturated rings. The minimum Gasteiger partial charge on any atom is -0.166 e. The molecule has 0 aliphatic heterocycles. The fraction of sp³-hybridized carbons (Fsp3) is 0.185. The number of fused-ring (bicyclic) bond motifs is 2. The fourth-order valence-corrected chi connectivity index (χ4v) is 13.8. The van der Waals surface area contributed by atoms with Crippen molar-refractivity contribution >= 4 is 58.6 Å². The Labute approximate surface area is 424 Å². The number of hydrogen-bond acceptors (Lipinski definition) is 0. The number of rotatable bonds is 9. The molecule has 0 radical (unpaired) electrons. The van der Waals surface area contributed by atoms with E-state index in [0.29, 0.717) is 35.0 Å². The molecule has 0 aliphatic carbocycles. The second-order valence-electron chi connectivity index (χ2n) is 17.7. The zero-order chi connectivity index (χ0) is 56.6. The van der Waals surface area contributed by atoms with Crippen molar-refractivity contribution in [3.05, 3.63) is 201 Å². The summed E-state index contributed by atoms with van der Waals surface area (Å²) in [6.45, 7) is 1.20. The third kappa shape index (κ3) is 12.5. The lowest BCUT2D eigenvalue weighted by atomic mass is 9.88. The van der Waals surface area contributed by atoms with E-state index in [-0.39, 0.29) is 86.4 Å². The van der Waals surface area contributed by atoms with Crippen molar-refractivity contribution < 1.29 is 92.2 Å². The van der Waals surface area contributed by atoms with Crippen LogP contribution < -0.4 is 21.2 Å². The topological polar surface area (TPSA) is 0 Å². The van der Waals surface area contributed by atoms with Gasteiger partial charge >= 0.3 is 43.2 Å². The first-order valence-electron chi connectivity index (χ1n) is 22.1. The van der Waals surface area contributed by atoms with E-state index in [2.05, 4.69) is 0 Å². The van der Waals surface area contributed by atoms with Crippen LogP contribution in [0.15, 0.2) is 146 Å². The van der Waals surface area contributed by atoms with Gasteiger partial charge in [0, 0.05) is 12.3 Å². The van der Waals surface area contributed by atoms with Gasteiger partial charge in [0.05, 0.1) is 38.9 Å². The van der Waals surface area contributed by atoms with Gasteiger partial charge in [-0.1, -0.05) is 78.9 Å². The highest BCUT2D eigenvalue weighted by Gasteiger charge is 2.42. The van der Waals surface area contributed by atoms with Crippen LogP contribution in [-0.2, 0) is 55.6 Å². The average molecular weight is 1140 g/mol. The van der Waals surface area contributed by atoms with Crippen LogP contribution in [0.2, 0.25) is 0 Å². The maximum Gasteiger partial charge on any atom is 0.416 e. The maximum atomic E-state index is 14.5. The van der Waals surface area contributed by atoms with Gasteiger partial charge in [0.15, 0.2) is 0 Å². The van der Waals surface area contributed by atoms with E-state index in [1.54, 1.807) is 0 Å². The molecule has 8 aromatic rings. The second-order valence-corrected chi connectivity index (χ2v) is 22.1. The molecule has 0 N–H and O–H groups in total. The highest BCUT2D eigenvalue weighted by atomic mass is 31.1. The zero-order valence-corrected chi connectivity index (χ0v) is 40.4. The van der Waals surface area contributed by atoms with Crippen molar-refractivity contribution in [1.29, 1.82) is 0 Å². The van der Waals surface area contributed by atoms with Crippen LogP contribution in [0, 0.1) is 6.92 Å². The second kappa shape index (κ2) is 20.2. The molecule has 23 heteroatoms. The van der Waals surface area contributed by atoms with Crippen molar-refractivity contribution in [2.45, 2.75) is 62.5 Å². The van der Waals surface area contributed by atoms with Gasteiger partial charge in [0.2, 0.25) is 0 Å². The van der Waals surface area contributed by atoms with Gasteiger partial charge in [-0.15, -0.1) is 0 Å². The average Bonchev–Trinajstić information content (AvgIpc) is 3.33. The SMILES string of the molecule is Cc1cc(P(Cc2ccc3ccccc3c2-c2c(CP(c3cc(C(F)(F)F)cc(C(F)(F)F)c3)c3cc(C(F)(F)F)cc(C(F)(F)F)c3)ccc3ccccc23)c2cc(C(F)(F)F)cc(C(F)(F)F)c2)cc(C(F)(F)F)c1. The van der Waals surface area contributed by atoms with Gasteiger partial charge in [-0.2, -0.15) is 92.2 Å². The third-order valence-electron chi connectivity index (χ3n) is 12.3. The van der Waals surface area contributed by atoms with Crippen LogP contribution in [-0.4, -0.2) is 0 Å². The van der Waals surface area contributed by atoms with Crippen LogP contribution in [0.25, 0.3) is 32.7 Å². The lowest BCUT2D eigenvalue weighted by Crippen LogP contribution is -2.22. The molecule has 0 bridgehead atoms. The Bertz CT molecular complexity index is 3350. The minimum atomic E-state index is -5.56. The minimum absolute atomic E-state index is 0.00381. The molecular formula is C54H31F21P2. The molecule has 8 rings (SSSR count). The highest BCUT2D eigenvalue weighted by Crippen LogP contribution is 2.52.